The van der Waals surface area contributed by atoms with Crippen molar-refractivity contribution in [1.29, 1.82) is 0 Å². The lowest BCUT2D eigenvalue weighted by Crippen LogP contribution is -2.45. The Labute approximate surface area is 489 Å². The molecule has 3 N–H and O–H groups in total. The van der Waals surface area contributed by atoms with Gasteiger partial charge in [-0.3, -0.25) is 9.59 Å². The summed E-state index contributed by atoms with van der Waals surface area (Å²) in [5.74, 6) is -0.0469. The molecule has 1 amide bonds. The zero-order chi connectivity index (χ0) is 56.4. The third-order valence-corrected chi connectivity index (χ3v) is 17.1. The van der Waals surface area contributed by atoms with E-state index in [4.69, 9.17) is 4.74 Å². The van der Waals surface area contributed by atoms with E-state index < -0.39 is 12.1 Å². The number of hydrogen-bond acceptors (Lipinski definition) is 5. The van der Waals surface area contributed by atoms with Gasteiger partial charge in [0, 0.05) is 12.8 Å². The van der Waals surface area contributed by atoms with Crippen LogP contribution in [-0.2, 0) is 14.3 Å². The summed E-state index contributed by atoms with van der Waals surface area (Å²) in [6, 6.07) is -0.629. The van der Waals surface area contributed by atoms with E-state index in [0.29, 0.717) is 19.4 Å². The minimum Gasteiger partial charge on any atom is -0.466 e. The lowest BCUT2D eigenvalue weighted by Gasteiger charge is -2.20. The number of hydrogen-bond donors (Lipinski definition) is 3. The third kappa shape index (κ3) is 63.8. The lowest BCUT2D eigenvalue weighted by molar-refractivity contribution is -0.143. The SMILES string of the molecule is CCCCCCCCCCCCCCCCCCCCCC/C=C/C(O)C(CO)NC(=O)CCCCCCCCCCCCCCCCCCCCCCCOC(=O)CCCCCCCCCCCCCCCCCCCC. The van der Waals surface area contributed by atoms with E-state index in [2.05, 4.69) is 19.2 Å². The molecule has 6 heteroatoms. The summed E-state index contributed by atoms with van der Waals surface area (Å²) in [6.45, 7) is 4.95. The van der Waals surface area contributed by atoms with Crippen LogP contribution in [0.2, 0.25) is 0 Å². The van der Waals surface area contributed by atoms with Crippen LogP contribution in [0, 0.1) is 0 Å². The van der Waals surface area contributed by atoms with Crippen molar-refractivity contribution >= 4 is 11.9 Å². The second-order valence-corrected chi connectivity index (χ2v) is 24.9. The maximum Gasteiger partial charge on any atom is 0.305 e. The first-order valence-corrected chi connectivity index (χ1v) is 36.0. The molecule has 0 aromatic heterocycles. The van der Waals surface area contributed by atoms with Crippen LogP contribution >= 0.6 is 0 Å². The van der Waals surface area contributed by atoms with Crippen LogP contribution in [0.3, 0.4) is 0 Å². The van der Waals surface area contributed by atoms with Gasteiger partial charge in [0.1, 0.15) is 0 Å². The van der Waals surface area contributed by atoms with Gasteiger partial charge >= 0.3 is 5.97 Å². The summed E-state index contributed by atoms with van der Waals surface area (Å²) in [6.07, 6.45) is 84.3. The number of amides is 1. The minimum absolute atomic E-state index is 0.0171. The Kier molecular flexibility index (Phi) is 66.9. The molecule has 0 aliphatic heterocycles. The van der Waals surface area contributed by atoms with E-state index in [9.17, 15) is 19.8 Å². The van der Waals surface area contributed by atoms with Crippen molar-refractivity contribution in [3.63, 3.8) is 0 Å². The first kappa shape index (κ1) is 76.6. The van der Waals surface area contributed by atoms with Crippen molar-refractivity contribution in [3.8, 4) is 0 Å². The average Bonchev–Trinajstić information content (AvgIpc) is 3.44. The van der Waals surface area contributed by atoms with E-state index in [0.717, 1.165) is 38.5 Å². The fourth-order valence-corrected chi connectivity index (χ4v) is 11.6. The molecule has 0 fully saturated rings. The summed E-state index contributed by atoms with van der Waals surface area (Å²) in [5.41, 5.74) is 0. The van der Waals surface area contributed by atoms with E-state index in [1.54, 1.807) is 6.08 Å². The Morgan fingerprint density at radius 1 is 0.346 bits per heavy atom. The fraction of sp³-hybridized carbons (Fsp3) is 0.944. The molecular weight excluding hydrogens is 959 g/mol. The van der Waals surface area contributed by atoms with Crippen LogP contribution in [-0.4, -0.2) is 47.4 Å². The van der Waals surface area contributed by atoms with E-state index in [1.807, 2.05) is 6.08 Å². The highest BCUT2D eigenvalue weighted by atomic mass is 16.5. The predicted molar refractivity (Wildman–Crippen MR) is 343 cm³/mol. The summed E-state index contributed by atoms with van der Waals surface area (Å²) in [7, 11) is 0. The van der Waals surface area contributed by atoms with Gasteiger partial charge in [0.2, 0.25) is 5.91 Å². The van der Waals surface area contributed by atoms with Crippen LogP contribution in [0.25, 0.3) is 0 Å². The van der Waals surface area contributed by atoms with Crippen molar-refractivity contribution in [3.05, 3.63) is 12.2 Å². The van der Waals surface area contributed by atoms with Gasteiger partial charge in [-0.05, 0) is 32.1 Å². The van der Waals surface area contributed by atoms with Gasteiger partial charge in [0.05, 0.1) is 25.4 Å². The van der Waals surface area contributed by atoms with Crippen LogP contribution in [0.4, 0.5) is 0 Å². The van der Waals surface area contributed by atoms with Crippen LogP contribution < -0.4 is 5.32 Å². The van der Waals surface area contributed by atoms with Crippen molar-refractivity contribution in [2.45, 2.75) is 424 Å². The predicted octanol–water partition coefficient (Wildman–Crippen LogP) is 23.1. The molecule has 0 saturated heterocycles. The second-order valence-electron chi connectivity index (χ2n) is 24.9. The highest BCUT2D eigenvalue weighted by Crippen LogP contribution is 2.19. The zero-order valence-corrected chi connectivity index (χ0v) is 53.2. The fourth-order valence-electron chi connectivity index (χ4n) is 11.6. The van der Waals surface area contributed by atoms with Gasteiger partial charge in [0.15, 0.2) is 0 Å². The monoisotopic (exact) mass is 1100 g/mol. The first-order chi connectivity index (χ1) is 38.5. The molecule has 2 atom stereocenters. The molecule has 0 heterocycles. The molecule has 0 aromatic carbocycles. The number of aliphatic hydroxyl groups is 2. The normalized spacial score (nSPS) is 12.5. The molecular formula is C72H141NO5. The van der Waals surface area contributed by atoms with Crippen molar-refractivity contribution < 1.29 is 24.5 Å². The van der Waals surface area contributed by atoms with Crippen molar-refractivity contribution in [2.75, 3.05) is 13.2 Å². The molecule has 2 unspecified atom stereocenters. The molecule has 0 bridgehead atoms. The summed E-state index contributed by atoms with van der Waals surface area (Å²) < 4.78 is 5.51. The first-order valence-electron chi connectivity index (χ1n) is 36.0. The van der Waals surface area contributed by atoms with E-state index >= 15 is 0 Å². The summed E-state index contributed by atoms with van der Waals surface area (Å²) in [4.78, 5) is 24.6. The number of aliphatic hydroxyl groups excluding tert-OH is 2. The van der Waals surface area contributed by atoms with Crippen LogP contribution in [0.1, 0.15) is 412 Å². The van der Waals surface area contributed by atoms with Crippen LogP contribution in [0.15, 0.2) is 12.2 Å². The third-order valence-electron chi connectivity index (χ3n) is 17.1. The molecule has 0 radical (unpaired) electrons. The van der Waals surface area contributed by atoms with E-state index in [1.165, 1.54) is 347 Å². The number of ether oxygens (including phenoxy) is 1. The van der Waals surface area contributed by atoms with Gasteiger partial charge in [-0.25, -0.2) is 0 Å². The maximum absolute atomic E-state index is 12.5. The molecule has 0 spiro atoms. The summed E-state index contributed by atoms with van der Waals surface area (Å²) >= 11 is 0. The van der Waals surface area contributed by atoms with E-state index in [-0.39, 0.29) is 18.5 Å². The highest BCUT2D eigenvalue weighted by Gasteiger charge is 2.18. The number of rotatable bonds is 68. The number of carbonyl (C=O) groups excluding carboxylic acids is 2. The number of allylic oxidation sites excluding steroid dienone is 1. The van der Waals surface area contributed by atoms with Gasteiger partial charge in [-0.15, -0.1) is 0 Å². The quantitative estimate of drug-likeness (QED) is 0.0320. The highest BCUT2D eigenvalue weighted by molar-refractivity contribution is 5.76. The smallest absolute Gasteiger partial charge is 0.305 e. The number of unbranched alkanes of at least 4 members (excludes halogenated alkanes) is 57. The van der Waals surface area contributed by atoms with Gasteiger partial charge in [0.25, 0.3) is 0 Å². The topological polar surface area (TPSA) is 95.9 Å². The molecule has 0 aliphatic rings. The number of nitrogens with one attached hydrogen (secondary N) is 1. The molecule has 0 saturated carbocycles. The van der Waals surface area contributed by atoms with Gasteiger partial charge < -0.3 is 20.3 Å². The Hall–Kier alpha value is -1.40. The molecule has 464 valence electrons. The lowest BCUT2D eigenvalue weighted by atomic mass is 10.0. The largest absolute Gasteiger partial charge is 0.466 e. The average molecular weight is 1100 g/mol. The maximum atomic E-state index is 12.5. The Morgan fingerprint density at radius 2 is 0.590 bits per heavy atom. The second kappa shape index (κ2) is 68.1. The molecule has 0 aromatic rings. The van der Waals surface area contributed by atoms with Crippen LogP contribution in [0.5, 0.6) is 0 Å². The molecule has 0 aliphatic carbocycles. The van der Waals surface area contributed by atoms with Gasteiger partial charge in [-0.2, -0.15) is 0 Å². The van der Waals surface area contributed by atoms with Crippen molar-refractivity contribution in [1.82, 2.24) is 5.32 Å². The number of esters is 1. The standard InChI is InChI=1S/C72H141NO5/c1-3-5-7-9-11-13-15-17-19-21-23-24-26-29-32-36-40-44-48-52-56-60-64-70(75)69(68-74)73-71(76)65-61-57-53-49-45-41-37-33-30-27-25-28-31-35-39-43-47-51-55-59-63-67-78-72(77)66-62-58-54-50-46-42-38-34-22-20-18-16-14-12-10-8-6-4-2/h60,64,69-70,74-75H,3-59,61-63,65-68H2,1-2H3,(H,73,76)/b64-60+. The molecule has 0 rings (SSSR count). The minimum atomic E-state index is -0.846. The zero-order valence-electron chi connectivity index (χ0n) is 53.2. The van der Waals surface area contributed by atoms with Crippen molar-refractivity contribution in [2.24, 2.45) is 0 Å². The Balaban J connectivity index is 3.39. The molecule has 6 nitrogen and oxygen atoms in total. The Morgan fingerprint density at radius 3 is 0.872 bits per heavy atom. The number of carbonyl (C=O) groups is 2. The van der Waals surface area contributed by atoms with Gasteiger partial charge in [-0.1, -0.05) is 379 Å². The summed E-state index contributed by atoms with van der Waals surface area (Å²) in [5, 5.41) is 23.3. The Bertz CT molecular complexity index is 1180. The molecule has 78 heavy (non-hydrogen) atoms.